The lowest BCUT2D eigenvalue weighted by atomic mass is 9.95. The van der Waals surface area contributed by atoms with Crippen molar-refractivity contribution in [3.8, 4) is 5.82 Å². The maximum absolute atomic E-state index is 12.5. The van der Waals surface area contributed by atoms with Crippen LogP contribution in [0.4, 0.5) is 0 Å². The molecule has 0 aromatic carbocycles. The number of likely N-dealkylation sites (tertiary alicyclic amines) is 1. The zero-order chi connectivity index (χ0) is 18.9. The molecule has 146 valence electrons. The zero-order valence-corrected chi connectivity index (χ0v) is 15.6. The molecule has 2 aliphatic heterocycles. The highest BCUT2D eigenvalue weighted by Crippen LogP contribution is 2.28. The quantitative estimate of drug-likeness (QED) is 0.682. The second-order valence-electron chi connectivity index (χ2n) is 7.46. The topological polar surface area (TPSA) is 90.4 Å². The fraction of sp³-hybridized carbons (Fsp3) is 0.526. The summed E-state index contributed by atoms with van der Waals surface area (Å²) in [5, 5.41) is 17.6. The molecule has 0 saturated carbocycles. The van der Waals surface area contributed by atoms with Gasteiger partial charge in [0.2, 0.25) is 5.91 Å². The molecule has 0 bridgehead atoms. The van der Waals surface area contributed by atoms with Gasteiger partial charge in [-0.2, -0.15) is 9.61 Å². The molecule has 9 heteroatoms. The second-order valence-corrected chi connectivity index (χ2v) is 7.46. The molecule has 2 aliphatic rings. The molecule has 1 unspecified atom stereocenters. The van der Waals surface area contributed by atoms with Crippen molar-refractivity contribution >= 4 is 11.6 Å². The van der Waals surface area contributed by atoms with E-state index in [4.69, 9.17) is 4.74 Å². The number of hydrogen-bond donors (Lipinski definition) is 0. The normalized spacial score (nSPS) is 20.9. The van der Waals surface area contributed by atoms with E-state index >= 15 is 0 Å². The molecule has 2 saturated heterocycles. The Morgan fingerprint density at radius 1 is 1.18 bits per heavy atom. The van der Waals surface area contributed by atoms with Crippen LogP contribution in [0.1, 0.15) is 43.8 Å². The predicted octanol–water partition coefficient (Wildman–Crippen LogP) is 1.59. The maximum Gasteiger partial charge on any atom is 0.225 e. The third-order valence-corrected chi connectivity index (χ3v) is 5.65. The molecule has 1 atom stereocenters. The van der Waals surface area contributed by atoms with Crippen molar-refractivity contribution in [2.75, 3.05) is 19.7 Å². The van der Waals surface area contributed by atoms with Gasteiger partial charge < -0.3 is 9.64 Å². The maximum atomic E-state index is 12.5. The van der Waals surface area contributed by atoms with Crippen LogP contribution >= 0.6 is 0 Å². The van der Waals surface area contributed by atoms with Crippen LogP contribution in [0, 0.1) is 0 Å². The Kier molecular flexibility index (Phi) is 4.52. The van der Waals surface area contributed by atoms with Crippen molar-refractivity contribution in [1.29, 1.82) is 0 Å². The number of hydrogen-bond acceptors (Lipinski definition) is 6. The highest BCUT2D eigenvalue weighted by atomic mass is 16.5. The number of piperidine rings is 1. The largest absolute Gasteiger partial charge is 0.378 e. The Morgan fingerprint density at radius 3 is 2.82 bits per heavy atom. The van der Waals surface area contributed by atoms with Gasteiger partial charge in [-0.3, -0.25) is 4.79 Å². The van der Waals surface area contributed by atoms with Gasteiger partial charge in [-0.05, 0) is 43.9 Å². The third kappa shape index (κ3) is 3.26. The van der Waals surface area contributed by atoms with Crippen molar-refractivity contribution in [1.82, 2.24) is 34.5 Å². The molecule has 28 heavy (non-hydrogen) atoms. The zero-order valence-electron chi connectivity index (χ0n) is 15.6. The summed E-state index contributed by atoms with van der Waals surface area (Å²) in [5.74, 6) is 2.02. The van der Waals surface area contributed by atoms with E-state index in [1.807, 2.05) is 33.8 Å². The lowest BCUT2D eigenvalue weighted by Gasteiger charge is -2.31. The van der Waals surface area contributed by atoms with E-state index < -0.39 is 0 Å². The lowest BCUT2D eigenvalue weighted by molar-refractivity contribution is -0.134. The summed E-state index contributed by atoms with van der Waals surface area (Å²) in [4.78, 5) is 14.5. The molecule has 3 aromatic heterocycles. The first kappa shape index (κ1) is 17.3. The summed E-state index contributed by atoms with van der Waals surface area (Å²) in [6.45, 7) is 2.27. The molecule has 1 amide bonds. The van der Waals surface area contributed by atoms with Gasteiger partial charge in [0.1, 0.15) is 0 Å². The average Bonchev–Trinajstić information content (AvgIpc) is 3.49. The van der Waals surface area contributed by atoms with Crippen molar-refractivity contribution in [3.63, 3.8) is 0 Å². The molecular weight excluding hydrogens is 358 g/mol. The Bertz CT molecular complexity index is 954. The van der Waals surface area contributed by atoms with Crippen LogP contribution in [-0.4, -0.2) is 66.2 Å². The molecular formula is C19H23N7O2. The van der Waals surface area contributed by atoms with Crippen LogP contribution in [-0.2, 0) is 9.53 Å². The van der Waals surface area contributed by atoms with Gasteiger partial charge in [-0.25, -0.2) is 4.68 Å². The van der Waals surface area contributed by atoms with Crippen LogP contribution in [0.5, 0.6) is 0 Å². The minimum absolute atomic E-state index is 0.107. The molecule has 3 aromatic rings. The number of carbonyl (C=O) groups is 1. The molecule has 5 rings (SSSR count). The molecule has 9 nitrogen and oxygen atoms in total. The molecule has 2 fully saturated rings. The summed E-state index contributed by atoms with van der Waals surface area (Å²) < 4.78 is 9.13. The Morgan fingerprint density at radius 2 is 2.07 bits per heavy atom. The number of amides is 1. The van der Waals surface area contributed by atoms with Gasteiger partial charge >= 0.3 is 0 Å². The monoisotopic (exact) mass is 381 g/mol. The number of fused-ring (bicyclic) bond motifs is 1. The van der Waals surface area contributed by atoms with Crippen LogP contribution < -0.4 is 0 Å². The number of rotatable bonds is 4. The van der Waals surface area contributed by atoms with Crippen molar-refractivity contribution in [2.45, 2.75) is 44.1 Å². The highest BCUT2D eigenvalue weighted by Gasteiger charge is 2.29. The molecule has 0 spiro atoms. The van der Waals surface area contributed by atoms with E-state index in [1.54, 1.807) is 10.9 Å². The highest BCUT2D eigenvalue weighted by molar-refractivity contribution is 5.76. The average molecular weight is 381 g/mol. The van der Waals surface area contributed by atoms with Crippen LogP contribution in [0.15, 0.2) is 30.6 Å². The minimum Gasteiger partial charge on any atom is -0.378 e. The van der Waals surface area contributed by atoms with Gasteiger partial charge in [0, 0.05) is 38.0 Å². The summed E-state index contributed by atoms with van der Waals surface area (Å²) in [7, 11) is 0. The van der Waals surface area contributed by atoms with E-state index in [-0.39, 0.29) is 17.9 Å². The third-order valence-electron chi connectivity index (χ3n) is 5.65. The first-order valence-electron chi connectivity index (χ1n) is 9.90. The van der Waals surface area contributed by atoms with Gasteiger partial charge in [-0.1, -0.05) is 0 Å². The number of ether oxygens (including phenoxy) is 1. The molecule has 0 radical (unpaired) electrons. The minimum atomic E-state index is 0.107. The smallest absolute Gasteiger partial charge is 0.225 e. The Labute approximate surface area is 162 Å². The Balaban J connectivity index is 1.29. The SMILES string of the molecule is O=C(CC1CCCO1)N1CCC(c2nnc3ccc(-n4cccn4)nn23)CC1. The first-order chi connectivity index (χ1) is 13.8. The fourth-order valence-electron chi connectivity index (χ4n) is 4.09. The van der Waals surface area contributed by atoms with Crippen molar-refractivity contribution < 1.29 is 9.53 Å². The van der Waals surface area contributed by atoms with E-state index in [0.717, 1.165) is 62.7 Å². The van der Waals surface area contributed by atoms with Crippen molar-refractivity contribution in [3.05, 3.63) is 36.4 Å². The Hall–Kier alpha value is -2.81. The van der Waals surface area contributed by atoms with Crippen LogP contribution in [0.25, 0.3) is 11.5 Å². The first-order valence-corrected chi connectivity index (χ1v) is 9.90. The van der Waals surface area contributed by atoms with Crippen molar-refractivity contribution in [2.24, 2.45) is 0 Å². The van der Waals surface area contributed by atoms with Gasteiger partial charge in [0.05, 0.1) is 12.5 Å². The molecule has 0 aliphatic carbocycles. The standard InChI is InChI=1S/C19H23N7O2/c27-18(13-15-3-1-12-28-15)24-10-6-14(7-11-24)19-22-21-16-4-5-17(23-26(16)19)25-9-2-8-20-25/h2,4-5,8-9,14-15H,1,3,6-7,10-13H2. The van der Waals surface area contributed by atoms with E-state index in [1.165, 1.54) is 0 Å². The van der Waals surface area contributed by atoms with E-state index in [0.29, 0.717) is 6.42 Å². The summed E-state index contributed by atoms with van der Waals surface area (Å²) in [6.07, 6.45) is 7.99. The fourth-order valence-corrected chi connectivity index (χ4v) is 4.09. The predicted molar refractivity (Wildman–Crippen MR) is 100 cm³/mol. The van der Waals surface area contributed by atoms with Crippen LogP contribution in [0.3, 0.4) is 0 Å². The summed E-state index contributed by atoms with van der Waals surface area (Å²) in [6, 6.07) is 5.65. The van der Waals surface area contributed by atoms with Gasteiger partial charge in [0.15, 0.2) is 17.3 Å². The lowest BCUT2D eigenvalue weighted by Crippen LogP contribution is -2.39. The number of nitrogens with zero attached hydrogens (tertiary/aromatic N) is 7. The molecule has 0 N–H and O–H groups in total. The van der Waals surface area contributed by atoms with Crippen LogP contribution in [0.2, 0.25) is 0 Å². The van der Waals surface area contributed by atoms with E-state index in [9.17, 15) is 4.79 Å². The van der Waals surface area contributed by atoms with Gasteiger partial charge in [-0.15, -0.1) is 15.3 Å². The summed E-state index contributed by atoms with van der Waals surface area (Å²) in [5.41, 5.74) is 0.725. The second kappa shape index (κ2) is 7.31. The summed E-state index contributed by atoms with van der Waals surface area (Å²) >= 11 is 0. The van der Waals surface area contributed by atoms with Gasteiger partial charge in [0.25, 0.3) is 0 Å². The number of carbonyl (C=O) groups excluding carboxylic acids is 1. The van der Waals surface area contributed by atoms with E-state index in [2.05, 4.69) is 20.4 Å². The number of aromatic nitrogens is 6. The molecule has 5 heterocycles.